The summed E-state index contributed by atoms with van der Waals surface area (Å²) in [5.41, 5.74) is 1.95. The van der Waals surface area contributed by atoms with E-state index >= 15 is 0 Å². The first kappa shape index (κ1) is 21.3. The molecule has 0 saturated heterocycles. The number of carbonyl (C=O) groups excluding carboxylic acids is 1. The molecule has 0 aliphatic carbocycles. The van der Waals surface area contributed by atoms with Gasteiger partial charge in [0.25, 0.3) is 0 Å². The van der Waals surface area contributed by atoms with Gasteiger partial charge in [-0.05, 0) is 41.8 Å². The molecule has 0 fully saturated rings. The second-order valence-corrected chi connectivity index (χ2v) is 6.72. The molecule has 1 N–H and O–H groups in total. The van der Waals surface area contributed by atoms with Crippen LogP contribution in [0.4, 0.5) is 0 Å². The third-order valence-corrected chi connectivity index (χ3v) is 4.48. The minimum atomic E-state index is -0.0257. The number of carbonyl (C=O) groups is 1. The molecule has 0 unspecified atom stereocenters. The lowest BCUT2D eigenvalue weighted by molar-refractivity contribution is -0.121. The number of rotatable bonds is 11. The van der Waals surface area contributed by atoms with Crippen molar-refractivity contribution in [2.75, 3.05) is 7.11 Å². The van der Waals surface area contributed by atoms with Crippen LogP contribution < -0.4 is 14.8 Å². The molecule has 1 amide bonds. The van der Waals surface area contributed by atoms with Crippen LogP contribution in [0.2, 0.25) is 0 Å². The van der Waals surface area contributed by atoms with Crippen molar-refractivity contribution in [3.8, 4) is 11.5 Å². The van der Waals surface area contributed by atoms with Gasteiger partial charge in [-0.3, -0.25) is 9.78 Å². The van der Waals surface area contributed by atoms with Crippen molar-refractivity contribution in [3.63, 3.8) is 0 Å². The van der Waals surface area contributed by atoms with E-state index in [0.717, 1.165) is 17.5 Å². The maximum atomic E-state index is 12.1. The molecule has 1 aromatic carbocycles. The molecule has 0 aliphatic rings. The number of benzene rings is 1. The van der Waals surface area contributed by atoms with Gasteiger partial charge in [0, 0.05) is 38.2 Å². The van der Waals surface area contributed by atoms with Crippen molar-refractivity contribution in [1.29, 1.82) is 0 Å². The highest BCUT2D eigenvalue weighted by Crippen LogP contribution is 2.28. The molecule has 0 radical (unpaired) electrons. The smallest absolute Gasteiger partial charge is 0.226 e. The van der Waals surface area contributed by atoms with Crippen molar-refractivity contribution in [1.82, 2.24) is 20.4 Å². The molecule has 0 spiro atoms. The Kier molecular flexibility index (Phi) is 7.77. The number of nitrogens with zero attached hydrogens (tertiary/aromatic N) is 3. The highest BCUT2D eigenvalue weighted by atomic mass is 16.5. The fourth-order valence-electron chi connectivity index (χ4n) is 2.81. The minimum Gasteiger partial charge on any atom is -0.493 e. The molecule has 0 bridgehead atoms. The molecule has 0 aliphatic heterocycles. The van der Waals surface area contributed by atoms with Crippen LogP contribution in [0.3, 0.4) is 0 Å². The summed E-state index contributed by atoms with van der Waals surface area (Å²) >= 11 is 0. The fraction of sp³-hybridized carbons (Fsp3) is 0.364. The molecule has 2 aromatic heterocycles. The van der Waals surface area contributed by atoms with Crippen molar-refractivity contribution in [3.05, 3.63) is 65.6 Å². The predicted octanol–water partition coefficient (Wildman–Crippen LogP) is 3.25. The normalized spacial score (nSPS) is 10.6. The number of hydrogen-bond acceptors (Lipinski definition) is 7. The van der Waals surface area contributed by atoms with Crippen LogP contribution in [-0.2, 0) is 30.8 Å². The van der Waals surface area contributed by atoms with E-state index in [0.29, 0.717) is 55.6 Å². The Labute approximate surface area is 175 Å². The lowest BCUT2D eigenvalue weighted by Crippen LogP contribution is -2.22. The summed E-state index contributed by atoms with van der Waals surface area (Å²) in [7, 11) is 1.60. The first-order valence-electron chi connectivity index (χ1n) is 9.94. The van der Waals surface area contributed by atoms with Gasteiger partial charge >= 0.3 is 0 Å². The highest BCUT2D eigenvalue weighted by molar-refractivity contribution is 5.75. The van der Waals surface area contributed by atoms with Gasteiger partial charge in [-0.1, -0.05) is 18.1 Å². The summed E-state index contributed by atoms with van der Waals surface area (Å²) in [4.78, 5) is 20.3. The van der Waals surface area contributed by atoms with Crippen molar-refractivity contribution >= 4 is 5.91 Å². The largest absolute Gasteiger partial charge is 0.493 e. The molecule has 3 aromatic rings. The van der Waals surface area contributed by atoms with E-state index in [1.54, 1.807) is 19.5 Å². The van der Waals surface area contributed by atoms with Gasteiger partial charge in [0.05, 0.1) is 7.11 Å². The van der Waals surface area contributed by atoms with Crippen molar-refractivity contribution < 1.29 is 18.8 Å². The predicted molar refractivity (Wildman–Crippen MR) is 110 cm³/mol. The monoisotopic (exact) mass is 410 g/mol. The Hall–Kier alpha value is -3.42. The number of amides is 1. The van der Waals surface area contributed by atoms with E-state index in [1.165, 1.54) is 0 Å². The quantitative estimate of drug-likeness (QED) is 0.518. The number of pyridine rings is 1. The number of aryl methyl sites for hydroxylation is 2. The third-order valence-electron chi connectivity index (χ3n) is 4.48. The first-order chi connectivity index (χ1) is 14.7. The van der Waals surface area contributed by atoms with Crippen LogP contribution in [0.5, 0.6) is 11.5 Å². The van der Waals surface area contributed by atoms with Gasteiger partial charge in [0.1, 0.15) is 6.61 Å². The van der Waals surface area contributed by atoms with E-state index in [4.69, 9.17) is 14.0 Å². The Balaban J connectivity index is 1.44. The second kappa shape index (κ2) is 10.9. The third kappa shape index (κ3) is 6.30. The Morgan fingerprint density at radius 2 is 1.97 bits per heavy atom. The maximum absolute atomic E-state index is 12.1. The van der Waals surface area contributed by atoms with E-state index in [9.17, 15) is 4.79 Å². The highest BCUT2D eigenvalue weighted by Gasteiger charge is 2.09. The fourth-order valence-corrected chi connectivity index (χ4v) is 2.81. The molecule has 8 nitrogen and oxygen atoms in total. The Bertz CT molecular complexity index is 943. The zero-order valence-corrected chi connectivity index (χ0v) is 17.3. The SMILES string of the molecule is CCc1noc(CCCC(=O)NCc2ccc(OCc3ccncc3)c(OC)c2)n1. The summed E-state index contributed by atoms with van der Waals surface area (Å²) in [6.45, 7) is 2.81. The van der Waals surface area contributed by atoms with Crippen LogP contribution >= 0.6 is 0 Å². The van der Waals surface area contributed by atoms with Crippen molar-refractivity contribution in [2.24, 2.45) is 0 Å². The van der Waals surface area contributed by atoms with Crippen LogP contribution in [0.1, 0.15) is 42.6 Å². The molecule has 2 heterocycles. The standard InChI is InChI=1S/C22H26N4O4/c1-3-20-25-22(30-26-20)6-4-5-21(27)24-14-17-7-8-18(19(13-17)28-2)29-15-16-9-11-23-12-10-16/h7-13H,3-6,14-15H2,1-2H3,(H,24,27). The van der Waals surface area contributed by atoms with Crippen LogP contribution in [0.25, 0.3) is 0 Å². The zero-order valence-electron chi connectivity index (χ0n) is 17.3. The molecular weight excluding hydrogens is 384 g/mol. The van der Waals surface area contributed by atoms with E-state index in [1.807, 2.05) is 37.3 Å². The van der Waals surface area contributed by atoms with E-state index < -0.39 is 0 Å². The molecule has 0 saturated carbocycles. The summed E-state index contributed by atoms with van der Waals surface area (Å²) < 4.78 is 16.4. The van der Waals surface area contributed by atoms with Gasteiger partial charge in [-0.15, -0.1) is 0 Å². The summed E-state index contributed by atoms with van der Waals surface area (Å²) in [6.07, 6.45) is 5.84. The molecule has 0 atom stereocenters. The Morgan fingerprint density at radius 3 is 2.70 bits per heavy atom. The number of methoxy groups -OCH3 is 1. The second-order valence-electron chi connectivity index (χ2n) is 6.72. The van der Waals surface area contributed by atoms with Gasteiger partial charge in [0.2, 0.25) is 11.8 Å². The topological polar surface area (TPSA) is 99.4 Å². The molecule has 158 valence electrons. The number of ether oxygens (including phenoxy) is 2. The molecular formula is C22H26N4O4. The van der Waals surface area contributed by atoms with Gasteiger partial charge in [0.15, 0.2) is 17.3 Å². The average molecular weight is 410 g/mol. The van der Waals surface area contributed by atoms with Crippen LogP contribution in [0, 0.1) is 0 Å². The number of nitrogens with one attached hydrogen (secondary N) is 1. The maximum Gasteiger partial charge on any atom is 0.226 e. The molecule has 8 heteroatoms. The van der Waals surface area contributed by atoms with Crippen LogP contribution in [0.15, 0.2) is 47.2 Å². The summed E-state index contributed by atoms with van der Waals surface area (Å²) in [5, 5.41) is 6.77. The zero-order chi connectivity index (χ0) is 21.2. The van der Waals surface area contributed by atoms with Gasteiger partial charge in [-0.2, -0.15) is 4.98 Å². The van der Waals surface area contributed by atoms with E-state index in [-0.39, 0.29) is 5.91 Å². The number of hydrogen-bond donors (Lipinski definition) is 1. The average Bonchev–Trinajstić information content (AvgIpc) is 3.25. The molecule has 30 heavy (non-hydrogen) atoms. The summed E-state index contributed by atoms with van der Waals surface area (Å²) in [5.74, 6) is 2.51. The molecule has 3 rings (SSSR count). The Morgan fingerprint density at radius 1 is 1.13 bits per heavy atom. The first-order valence-corrected chi connectivity index (χ1v) is 9.94. The minimum absolute atomic E-state index is 0.0257. The lowest BCUT2D eigenvalue weighted by Gasteiger charge is -2.13. The number of aromatic nitrogens is 3. The van der Waals surface area contributed by atoms with Crippen molar-refractivity contribution in [2.45, 2.75) is 45.8 Å². The van der Waals surface area contributed by atoms with Gasteiger partial charge < -0.3 is 19.3 Å². The van der Waals surface area contributed by atoms with Crippen LogP contribution in [-0.4, -0.2) is 28.1 Å². The summed E-state index contributed by atoms with van der Waals surface area (Å²) in [6, 6.07) is 9.43. The van der Waals surface area contributed by atoms with Gasteiger partial charge in [-0.25, -0.2) is 0 Å². The lowest BCUT2D eigenvalue weighted by atomic mass is 10.2. The van der Waals surface area contributed by atoms with E-state index in [2.05, 4.69) is 20.4 Å².